The van der Waals surface area contributed by atoms with Crippen LogP contribution in [0.3, 0.4) is 0 Å². The minimum absolute atomic E-state index is 0.150. The second kappa shape index (κ2) is 9.19. The number of carboxylic acid groups (broad SMARTS) is 1. The SMILES string of the molecule is CCCNc1nc2c(C)c(-c3ccc(-c4ccccc4-c4nc(=S)o[nH]4)cc3)cc(C(=O)O)c2[nH]1. The van der Waals surface area contributed by atoms with Crippen molar-refractivity contribution in [3.05, 3.63) is 70.6 Å². The van der Waals surface area contributed by atoms with Gasteiger partial charge in [-0.25, -0.2) is 14.9 Å². The van der Waals surface area contributed by atoms with Crippen LogP contribution >= 0.6 is 12.2 Å². The van der Waals surface area contributed by atoms with Crippen LogP contribution in [0.25, 0.3) is 44.7 Å². The van der Waals surface area contributed by atoms with Crippen molar-refractivity contribution in [2.24, 2.45) is 0 Å². The molecule has 0 aliphatic rings. The summed E-state index contributed by atoms with van der Waals surface area (Å²) in [5, 5.41) is 15.8. The minimum Gasteiger partial charge on any atom is -0.478 e. The van der Waals surface area contributed by atoms with E-state index in [-0.39, 0.29) is 10.4 Å². The number of rotatable bonds is 7. The number of anilines is 1. The zero-order valence-electron chi connectivity index (χ0n) is 19.2. The first kappa shape index (κ1) is 22.5. The van der Waals surface area contributed by atoms with Crippen LogP contribution in [0, 0.1) is 11.8 Å². The molecule has 35 heavy (non-hydrogen) atoms. The molecule has 176 valence electrons. The van der Waals surface area contributed by atoms with Gasteiger partial charge >= 0.3 is 10.8 Å². The Labute approximate surface area is 206 Å². The molecule has 5 rings (SSSR count). The lowest BCUT2D eigenvalue weighted by Gasteiger charge is -2.11. The number of hydrogen-bond donors (Lipinski definition) is 4. The van der Waals surface area contributed by atoms with Gasteiger partial charge in [-0.3, -0.25) is 0 Å². The van der Waals surface area contributed by atoms with Gasteiger partial charge in [0.2, 0.25) is 5.95 Å². The Hall–Kier alpha value is -4.24. The average molecular weight is 486 g/mol. The number of imidazole rings is 1. The molecular formula is C26H23N5O3S. The molecule has 0 saturated carbocycles. The van der Waals surface area contributed by atoms with Gasteiger partial charge in [0.15, 0.2) is 5.82 Å². The summed E-state index contributed by atoms with van der Waals surface area (Å²) in [6.07, 6.45) is 0.936. The Balaban J connectivity index is 1.58. The van der Waals surface area contributed by atoms with Crippen LogP contribution in [0.1, 0.15) is 29.3 Å². The van der Waals surface area contributed by atoms with E-state index in [1.54, 1.807) is 6.07 Å². The molecule has 0 bridgehead atoms. The van der Waals surface area contributed by atoms with Crippen molar-refractivity contribution in [3.63, 3.8) is 0 Å². The molecule has 0 aliphatic heterocycles. The number of H-pyrrole nitrogens is 2. The molecule has 0 atom stereocenters. The van der Waals surface area contributed by atoms with Crippen LogP contribution in [-0.2, 0) is 0 Å². The van der Waals surface area contributed by atoms with Crippen LogP contribution in [0.2, 0.25) is 0 Å². The fraction of sp³-hybridized carbons (Fsp3) is 0.154. The number of aromatic amines is 2. The van der Waals surface area contributed by atoms with Crippen molar-refractivity contribution in [2.45, 2.75) is 20.3 Å². The van der Waals surface area contributed by atoms with E-state index in [2.05, 4.69) is 32.3 Å². The third kappa shape index (κ3) is 4.22. The van der Waals surface area contributed by atoms with E-state index < -0.39 is 5.97 Å². The summed E-state index contributed by atoms with van der Waals surface area (Å²) < 4.78 is 5.11. The Kier molecular flexibility index (Phi) is 5.92. The van der Waals surface area contributed by atoms with Crippen LogP contribution in [0.5, 0.6) is 0 Å². The summed E-state index contributed by atoms with van der Waals surface area (Å²) in [4.78, 5) is 24.2. The molecule has 0 aliphatic carbocycles. The van der Waals surface area contributed by atoms with Crippen LogP contribution in [-0.4, -0.2) is 37.7 Å². The fourth-order valence-corrected chi connectivity index (χ4v) is 4.34. The normalized spacial score (nSPS) is 11.1. The predicted molar refractivity (Wildman–Crippen MR) is 138 cm³/mol. The Bertz CT molecular complexity index is 1600. The third-order valence-electron chi connectivity index (χ3n) is 5.92. The smallest absolute Gasteiger partial charge is 0.337 e. The van der Waals surface area contributed by atoms with Gasteiger partial charge in [0, 0.05) is 12.1 Å². The van der Waals surface area contributed by atoms with Crippen LogP contribution in [0.15, 0.2) is 59.1 Å². The van der Waals surface area contributed by atoms with Gasteiger partial charge < -0.3 is 19.9 Å². The first-order chi connectivity index (χ1) is 17.0. The van der Waals surface area contributed by atoms with E-state index in [0.29, 0.717) is 22.8 Å². The van der Waals surface area contributed by atoms with Gasteiger partial charge in [0.05, 0.1) is 16.6 Å². The number of benzene rings is 3. The van der Waals surface area contributed by atoms with Crippen molar-refractivity contribution in [3.8, 4) is 33.6 Å². The molecule has 3 aromatic carbocycles. The molecular weight excluding hydrogens is 462 g/mol. The molecule has 8 nitrogen and oxygen atoms in total. The number of nitrogens with one attached hydrogen (secondary N) is 3. The van der Waals surface area contributed by atoms with Gasteiger partial charge in [0.1, 0.15) is 0 Å². The van der Waals surface area contributed by atoms with E-state index in [4.69, 9.17) is 16.7 Å². The molecule has 0 unspecified atom stereocenters. The molecule has 0 fully saturated rings. The van der Waals surface area contributed by atoms with Gasteiger partial charge in [-0.2, -0.15) is 4.98 Å². The summed E-state index contributed by atoms with van der Waals surface area (Å²) in [5.41, 5.74) is 6.81. The second-order valence-corrected chi connectivity index (χ2v) is 8.54. The summed E-state index contributed by atoms with van der Waals surface area (Å²) >= 11 is 5.00. The highest BCUT2D eigenvalue weighted by molar-refractivity contribution is 7.71. The van der Waals surface area contributed by atoms with Crippen molar-refractivity contribution in [1.82, 2.24) is 20.1 Å². The lowest BCUT2D eigenvalue weighted by atomic mass is 9.93. The molecule has 0 radical (unpaired) electrons. The number of carbonyl (C=O) groups is 1. The predicted octanol–water partition coefficient (Wildman–Crippen LogP) is 6.44. The zero-order chi connectivity index (χ0) is 24.5. The van der Waals surface area contributed by atoms with Gasteiger partial charge in [-0.05, 0) is 59.4 Å². The van der Waals surface area contributed by atoms with Gasteiger partial charge in [0.25, 0.3) is 0 Å². The molecule has 5 aromatic rings. The lowest BCUT2D eigenvalue weighted by Crippen LogP contribution is -2.01. The number of aromatic nitrogens is 4. The third-order valence-corrected chi connectivity index (χ3v) is 6.10. The molecule has 0 spiro atoms. The zero-order valence-corrected chi connectivity index (χ0v) is 20.0. The van der Waals surface area contributed by atoms with E-state index in [9.17, 15) is 9.90 Å². The van der Waals surface area contributed by atoms with Crippen molar-refractivity contribution >= 4 is 35.2 Å². The number of aromatic carboxylic acids is 1. The summed E-state index contributed by atoms with van der Waals surface area (Å²) in [6.45, 7) is 4.77. The first-order valence-corrected chi connectivity index (χ1v) is 11.6. The quantitative estimate of drug-likeness (QED) is 0.196. The highest BCUT2D eigenvalue weighted by Crippen LogP contribution is 2.35. The Morgan fingerprint density at radius 2 is 1.74 bits per heavy atom. The first-order valence-electron chi connectivity index (χ1n) is 11.2. The Morgan fingerprint density at radius 1 is 1.06 bits per heavy atom. The maximum absolute atomic E-state index is 12.1. The molecule has 4 N–H and O–H groups in total. The molecule has 2 aromatic heterocycles. The summed E-state index contributed by atoms with van der Waals surface area (Å²) in [7, 11) is 0. The highest BCUT2D eigenvalue weighted by Gasteiger charge is 2.19. The average Bonchev–Trinajstić information content (AvgIpc) is 3.50. The van der Waals surface area contributed by atoms with Crippen molar-refractivity contribution < 1.29 is 14.4 Å². The number of aryl methyl sites for hydroxylation is 1. The molecule has 0 saturated heterocycles. The van der Waals surface area contributed by atoms with Crippen LogP contribution in [0.4, 0.5) is 5.95 Å². The van der Waals surface area contributed by atoms with Crippen molar-refractivity contribution in [1.29, 1.82) is 0 Å². The second-order valence-electron chi connectivity index (χ2n) is 8.19. The molecule has 9 heteroatoms. The van der Waals surface area contributed by atoms with E-state index in [1.807, 2.05) is 55.5 Å². The van der Waals surface area contributed by atoms with Crippen LogP contribution < -0.4 is 5.32 Å². The van der Waals surface area contributed by atoms with Gasteiger partial charge in [-0.15, -0.1) is 0 Å². The largest absolute Gasteiger partial charge is 0.478 e. The summed E-state index contributed by atoms with van der Waals surface area (Å²) in [5.74, 6) is 0.133. The van der Waals surface area contributed by atoms with Gasteiger partial charge in [-0.1, -0.05) is 55.5 Å². The monoisotopic (exact) mass is 485 g/mol. The van der Waals surface area contributed by atoms with Crippen molar-refractivity contribution in [2.75, 3.05) is 11.9 Å². The van der Waals surface area contributed by atoms with E-state index in [0.717, 1.165) is 46.3 Å². The number of hydrogen-bond acceptors (Lipinski definition) is 6. The molecule has 0 amide bonds. The Morgan fingerprint density at radius 3 is 2.37 bits per heavy atom. The van der Waals surface area contributed by atoms with E-state index >= 15 is 0 Å². The standard InChI is InChI=1S/C26H23N5O3S/c1-3-12-27-25-28-21-14(2)19(13-20(24(32)33)22(21)29-25)16-10-8-15(9-11-16)17-6-4-5-7-18(17)23-30-26(35)34-31-23/h4-11,13H,3,12H2,1-2H3,(H,32,33)(H2,27,28,29)(H,30,31,35). The topological polar surface area (TPSA) is 120 Å². The summed E-state index contributed by atoms with van der Waals surface area (Å²) in [6, 6.07) is 17.5. The maximum Gasteiger partial charge on any atom is 0.337 e. The minimum atomic E-state index is -1.00. The molecule has 2 heterocycles. The fourth-order valence-electron chi connectivity index (χ4n) is 4.20. The lowest BCUT2D eigenvalue weighted by molar-refractivity contribution is 0.0699. The highest BCUT2D eigenvalue weighted by atomic mass is 32.1. The number of fused-ring (bicyclic) bond motifs is 1. The number of carboxylic acids is 1. The maximum atomic E-state index is 12.1. The van der Waals surface area contributed by atoms with E-state index in [1.165, 1.54) is 0 Å². The number of nitrogens with zero attached hydrogens (tertiary/aromatic N) is 2.